The van der Waals surface area contributed by atoms with Gasteiger partial charge in [0, 0.05) is 13.1 Å². The van der Waals surface area contributed by atoms with Gasteiger partial charge in [-0.3, -0.25) is 0 Å². The molecule has 1 aromatic rings. The molecule has 110 valence electrons. The number of hydrogen-bond acceptors (Lipinski definition) is 4. The molecule has 0 fully saturated rings. The molecule has 0 spiro atoms. The summed E-state index contributed by atoms with van der Waals surface area (Å²) in [6.07, 6.45) is 1.12. The van der Waals surface area contributed by atoms with Crippen molar-refractivity contribution in [1.29, 1.82) is 5.26 Å². The first kappa shape index (κ1) is 16.3. The summed E-state index contributed by atoms with van der Waals surface area (Å²) in [5.74, 6) is 0. The van der Waals surface area contributed by atoms with Gasteiger partial charge in [0.2, 0.25) is 0 Å². The Hall–Kier alpha value is -1.73. The number of nitrogen functional groups attached to an aromatic ring is 1. The Morgan fingerprint density at radius 2 is 1.80 bits per heavy atom. The highest BCUT2D eigenvalue weighted by molar-refractivity contribution is 5.69. The van der Waals surface area contributed by atoms with Gasteiger partial charge in [0.25, 0.3) is 0 Å². The van der Waals surface area contributed by atoms with Gasteiger partial charge in [-0.15, -0.1) is 0 Å². The van der Waals surface area contributed by atoms with Crippen molar-refractivity contribution in [2.24, 2.45) is 0 Å². The van der Waals surface area contributed by atoms with Crippen LogP contribution < -0.4 is 10.6 Å². The lowest BCUT2D eigenvalue weighted by Crippen LogP contribution is -2.30. The Kier molecular flexibility index (Phi) is 6.89. The van der Waals surface area contributed by atoms with Crippen molar-refractivity contribution in [2.45, 2.75) is 27.2 Å². The van der Waals surface area contributed by atoms with E-state index in [1.807, 2.05) is 12.1 Å². The topological polar surface area (TPSA) is 56.3 Å². The molecule has 1 rings (SSSR count). The van der Waals surface area contributed by atoms with E-state index in [9.17, 15) is 0 Å². The molecule has 0 unspecified atom stereocenters. The Morgan fingerprint density at radius 3 is 2.30 bits per heavy atom. The highest BCUT2D eigenvalue weighted by Crippen LogP contribution is 2.24. The molecule has 0 radical (unpaired) electrons. The van der Waals surface area contributed by atoms with E-state index >= 15 is 0 Å². The molecule has 20 heavy (non-hydrogen) atoms. The lowest BCUT2D eigenvalue weighted by atomic mass is 10.1. The summed E-state index contributed by atoms with van der Waals surface area (Å²) in [4.78, 5) is 4.70. The smallest absolute Gasteiger partial charge is 0.0992 e. The van der Waals surface area contributed by atoms with Gasteiger partial charge in [-0.1, -0.05) is 13.8 Å². The average Bonchev–Trinajstić information content (AvgIpc) is 2.48. The second-order valence-electron chi connectivity index (χ2n) is 4.85. The van der Waals surface area contributed by atoms with Crippen LogP contribution in [0.25, 0.3) is 0 Å². The molecule has 0 aliphatic rings. The summed E-state index contributed by atoms with van der Waals surface area (Å²) in [5.41, 5.74) is 8.39. The Labute approximate surface area is 122 Å². The maximum atomic E-state index is 8.88. The van der Waals surface area contributed by atoms with Gasteiger partial charge in [0.15, 0.2) is 0 Å². The van der Waals surface area contributed by atoms with Crippen LogP contribution in [-0.2, 0) is 0 Å². The highest BCUT2D eigenvalue weighted by atomic mass is 15.1. The molecule has 0 amide bonds. The van der Waals surface area contributed by atoms with Crippen LogP contribution in [0.3, 0.4) is 0 Å². The van der Waals surface area contributed by atoms with Crippen LogP contribution >= 0.6 is 0 Å². The van der Waals surface area contributed by atoms with E-state index < -0.39 is 0 Å². The molecule has 1 aromatic carbocycles. The predicted octanol–water partition coefficient (Wildman–Crippen LogP) is 2.70. The Balaban J connectivity index is 2.65. The standard InChI is InChI=1S/C16H26N4/c1-4-19(5-2)10-7-11-20(6-3)16-9-8-14(13-17)12-15(16)18/h8-9,12H,4-7,10-11,18H2,1-3H3. The van der Waals surface area contributed by atoms with Crippen molar-refractivity contribution >= 4 is 11.4 Å². The number of nitriles is 1. The van der Waals surface area contributed by atoms with Gasteiger partial charge in [0.05, 0.1) is 23.0 Å². The summed E-state index contributed by atoms with van der Waals surface area (Å²) in [7, 11) is 0. The van der Waals surface area contributed by atoms with Gasteiger partial charge < -0.3 is 15.5 Å². The average molecular weight is 274 g/mol. The first-order chi connectivity index (χ1) is 9.65. The summed E-state index contributed by atoms with van der Waals surface area (Å²) < 4.78 is 0. The van der Waals surface area contributed by atoms with Crippen molar-refractivity contribution in [3.8, 4) is 6.07 Å². The zero-order valence-electron chi connectivity index (χ0n) is 12.9. The van der Waals surface area contributed by atoms with Gasteiger partial charge in [-0.05, 0) is 51.2 Å². The normalized spacial score (nSPS) is 10.6. The molecule has 4 heteroatoms. The number of benzene rings is 1. The third-order valence-corrected chi connectivity index (χ3v) is 3.68. The van der Waals surface area contributed by atoms with Gasteiger partial charge in [-0.25, -0.2) is 0 Å². The lowest BCUT2D eigenvalue weighted by Gasteiger charge is -2.26. The number of nitrogens with two attached hydrogens (primary N) is 1. The minimum Gasteiger partial charge on any atom is -0.397 e. The second-order valence-corrected chi connectivity index (χ2v) is 4.85. The van der Waals surface area contributed by atoms with Gasteiger partial charge in [0.1, 0.15) is 0 Å². The SMILES string of the molecule is CCN(CC)CCCN(CC)c1ccc(C#N)cc1N. The molecule has 0 saturated carbocycles. The number of anilines is 2. The summed E-state index contributed by atoms with van der Waals surface area (Å²) in [6.45, 7) is 11.7. The van der Waals surface area contributed by atoms with E-state index in [0.29, 0.717) is 11.3 Å². The van der Waals surface area contributed by atoms with E-state index in [1.165, 1.54) is 0 Å². The zero-order valence-corrected chi connectivity index (χ0v) is 12.9. The first-order valence-corrected chi connectivity index (χ1v) is 7.43. The van der Waals surface area contributed by atoms with Crippen LogP contribution in [-0.4, -0.2) is 37.6 Å². The fourth-order valence-corrected chi connectivity index (χ4v) is 2.39. The fraction of sp³-hybridized carbons (Fsp3) is 0.562. The third kappa shape index (κ3) is 4.43. The van der Waals surface area contributed by atoms with Crippen molar-refractivity contribution in [1.82, 2.24) is 4.90 Å². The van der Waals surface area contributed by atoms with Crippen LogP contribution in [0.15, 0.2) is 18.2 Å². The maximum absolute atomic E-state index is 8.88. The largest absolute Gasteiger partial charge is 0.397 e. The van der Waals surface area contributed by atoms with E-state index in [-0.39, 0.29) is 0 Å². The van der Waals surface area contributed by atoms with Crippen LogP contribution in [0.2, 0.25) is 0 Å². The highest BCUT2D eigenvalue weighted by Gasteiger charge is 2.09. The van der Waals surface area contributed by atoms with Gasteiger partial charge in [-0.2, -0.15) is 5.26 Å². The summed E-state index contributed by atoms with van der Waals surface area (Å²) >= 11 is 0. The molecule has 0 aromatic heterocycles. The fourth-order valence-electron chi connectivity index (χ4n) is 2.39. The minimum atomic E-state index is 0.616. The van der Waals surface area contributed by atoms with Gasteiger partial charge >= 0.3 is 0 Å². The monoisotopic (exact) mass is 274 g/mol. The molecule has 0 aliphatic carbocycles. The van der Waals surface area contributed by atoms with Crippen molar-refractivity contribution in [3.05, 3.63) is 23.8 Å². The van der Waals surface area contributed by atoms with E-state index in [4.69, 9.17) is 11.0 Å². The van der Waals surface area contributed by atoms with Crippen LogP contribution in [0.5, 0.6) is 0 Å². The van der Waals surface area contributed by atoms with Crippen molar-refractivity contribution < 1.29 is 0 Å². The maximum Gasteiger partial charge on any atom is 0.0992 e. The summed E-state index contributed by atoms with van der Waals surface area (Å²) in [6, 6.07) is 7.66. The predicted molar refractivity (Wildman–Crippen MR) is 85.9 cm³/mol. The molecule has 0 aliphatic heterocycles. The third-order valence-electron chi connectivity index (χ3n) is 3.68. The van der Waals surface area contributed by atoms with Crippen molar-refractivity contribution in [3.63, 3.8) is 0 Å². The molecule has 0 bridgehead atoms. The van der Waals surface area contributed by atoms with E-state index in [2.05, 4.69) is 36.6 Å². The Morgan fingerprint density at radius 1 is 1.10 bits per heavy atom. The van der Waals surface area contributed by atoms with E-state index in [0.717, 1.165) is 44.8 Å². The molecule has 2 N–H and O–H groups in total. The molecule has 4 nitrogen and oxygen atoms in total. The quantitative estimate of drug-likeness (QED) is 0.741. The molecular weight excluding hydrogens is 248 g/mol. The zero-order chi connectivity index (χ0) is 15.0. The van der Waals surface area contributed by atoms with Crippen molar-refractivity contribution in [2.75, 3.05) is 43.4 Å². The number of rotatable bonds is 8. The minimum absolute atomic E-state index is 0.616. The number of hydrogen-bond donors (Lipinski definition) is 1. The van der Waals surface area contributed by atoms with Crippen LogP contribution in [0, 0.1) is 11.3 Å². The Bertz CT molecular complexity index is 446. The summed E-state index contributed by atoms with van der Waals surface area (Å²) in [5, 5.41) is 8.88. The number of nitrogens with zero attached hydrogens (tertiary/aromatic N) is 3. The molecule has 0 heterocycles. The first-order valence-electron chi connectivity index (χ1n) is 7.43. The van der Waals surface area contributed by atoms with Crippen LogP contribution in [0.4, 0.5) is 11.4 Å². The molecule has 0 saturated heterocycles. The van der Waals surface area contributed by atoms with E-state index in [1.54, 1.807) is 6.07 Å². The molecular formula is C16H26N4. The van der Waals surface area contributed by atoms with Crippen LogP contribution in [0.1, 0.15) is 32.8 Å². The second kappa shape index (κ2) is 8.44. The lowest BCUT2D eigenvalue weighted by molar-refractivity contribution is 0.301. The molecule has 0 atom stereocenters.